The van der Waals surface area contributed by atoms with Crippen LogP contribution in [0.5, 0.6) is 0 Å². The molecule has 1 heterocycles. The Hall–Kier alpha value is -1.41. The molecule has 5 nitrogen and oxygen atoms in total. The summed E-state index contributed by atoms with van der Waals surface area (Å²) in [6.07, 6.45) is 0.176. The molecule has 0 amide bonds. The average molecular weight is 442 g/mol. The van der Waals surface area contributed by atoms with E-state index in [1.165, 1.54) is 4.31 Å². The van der Waals surface area contributed by atoms with Crippen LogP contribution in [-0.4, -0.2) is 40.0 Å². The molecule has 28 heavy (non-hydrogen) atoms. The van der Waals surface area contributed by atoms with Crippen molar-refractivity contribution in [3.8, 4) is 0 Å². The summed E-state index contributed by atoms with van der Waals surface area (Å²) >= 11 is 6.20. The van der Waals surface area contributed by atoms with Crippen molar-refractivity contribution in [2.75, 3.05) is 18.8 Å². The predicted molar refractivity (Wildman–Crippen MR) is 112 cm³/mol. The molecule has 1 saturated heterocycles. The summed E-state index contributed by atoms with van der Waals surface area (Å²) in [5.41, 5.74) is 1.58. The number of sulfonamides is 1. The van der Waals surface area contributed by atoms with Gasteiger partial charge < -0.3 is 0 Å². The van der Waals surface area contributed by atoms with E-state index in [9.17, 15) is 16.8 Å². The number of nitrogens with zero attached hydrogens (tertiary/aromatic N) is 1. The molecule has 1 fully saturated rings. The Morgan fingerprint density at radius 1 is 1.04 bits per heavy atom. The van der Waals surface area contributed by atoms with Gasteiger partial charge in [0.05, 0.1) is 15.9 Å². The second kappa shape index (κ2) is 8.14. The molecule has 1 atom stereocenters. The van der Waals surface area contributed by atoms with E-state index < -0.39 is 25.1 Å². The van der Waals surface area contributed by atoms with Crippen molar-refractivity contribution in [2.24, 2.45) is 0 Å². The molecule has 8 heteroatoms. The summed E-state index contributed by atoms with van der Waals surface area (Å²) in [5.74, 6) is 0.0723. The number of hydrogen-bond donors (Lipinski definition) is 0. The number of rotatable bonds is 4. The lowest BCUT2D eigenvalue weighted by Crippen LogP contribution is -2.33. The van der Waals surface area contributed by atoms with E-state index >= 15 is 0 Å². The van der Waals surface area contributed by atoms with Gasteiger partial charge in [-0.3, -0.25) is 0 Å². The summed E-state index contributed by atoms with van der Waals surface area (Å²) in [5, 5.41) is -0.415. The van der Waals surface area contributed by atoms with Gasteiger partial charge in [-0.05, 0) is 41.7 Å². The van der Waals surface area contributed by atoms with Gasteiger partial charge in [-0.15, -0.1) is 0 Å². The van der Waals surface area contributed by atoms with Crippen molar-refractivity contribution in [1.82, 2.24) is 4.31 Å². The zero-order valence-corrected chi connectivity index (χ0v) is 18.3. The molecule has 152 valence electrons. The smallest absolute Gasteiger partial charge is 0.228 e. The van der Waals surface area contributed by atoms with E-state index in [0.717, 1.165) is 5.56 Å². The highest BCUT2D eigenvalue weighted by Gasteiger charge is 2.36. The van der Waals surface area contributed by atoms with E-state index in [4.69, 9.17) is 11.6 Å². The van der Waals surface area contributed by atoms with Crippen LogP contribution in [0.2, 0.25) is 5.02 Å². The lowest BCUT2D eigenvalue weighted by atomic mass is 10.0. The lowest BCUT2D eigenvalue weighted by molar-refractivity contribution is 0.428. The standard InChI is InChI=1S/C20H24ClNO4S2/c1-15(2)16-7-9-17(10-8-16)28(25,26)22-12-11-20(27(23,24)14-13-22)18-5-3-4-6-19(18)21/h3-10,15,20H,11-14H2,1-2H3. The predicted octanol–water partition coefficient (Wildman–Crippen LogP) is 4.01. The third-order valence-corrected chi connectivity index (χ3v) is 9.50. The molecule has 0 saturated carbocycles. The molecule has 2 aromatic carbocycles. The molecular weight excluding hydrogens is 418 g/mol. The molecule has 3 rings (SSSR count). The molecule has 0 spiro atoms. The Morgan fingerprint density at radius 2 is 1.68 bits per heavy atom. The van der Waals surface area contributed by atoms with Crippen molar-refractivity contribution in [2.45, 2.75) is 36.3 Å². The summed E-state index contributed by atoms with van der Waals surface area (Å²) in [6, 6.07) is 13.6. The first kappa shape index (κ1) is 21.3. The molecular formula is C20H24ClNO4S2. The van der Waals surface area contributed by atoms with E-state index in [2.05, 4.69) is 0 Å². The minimum absolute atomic E-state index is 0.0580. The maximum absolute atomic E-state index is 13.0. The van der Waals surface area contributed by atoms with Crippen LogP contribution in [0, 0.1) is 0 Å². The average Bonchev–Trinajstić information content (AvgIpc) is 2.81. The third-order valence-electron chi connectivity index (χ3n) is 5.14. The van der Waals surface area contributed by atoms with Crippen LogP contribution in [0.3, 0.4) is 0 Å². The minimum Gasteiger partial charge on any atom is -0.228 e. The molecule has 0 N–H and O–H groups in total. The van der Waals surface area contributed by atoms with Gasteiger partial charge in [0, 0.05) is 18.1 Å². The fourth-order valence-corrected chi connectivity index (χ4v) is 7.14. The Labute approximate surface area is 172 Å². The van der Waals surface area contributed by atoms with Crippen LogP contribution in [0.1, 0.15) is 42.6 Å². The first-order valence-electron chi connectivity index (χ1n) is 9.19. The van der Waals surface area contributed by atoms with Gasteiger partial charge in [-0.25, -0.2) is 16.8 Å². The maximum Gasteiger partial charge on any atom is 0.243 e. The molecule has 1 aliphatic rings. The fraction of sp³-hybridized carbons (Fsp3) is 0.400. The van der Waals surface area contributed by atoms with Crippen LogP contribution in [0.25, 0.3) is 0 Å². The second-order valence-corrected chi connectivity index (χ2v) is 11.9. The number of hydrogen-bond acceptors (Lipinski definition) is 4. The minimum atomic E-state index is -3.76. The van der Waals surface area contributed by atoms with Crippen LogP contribution in [0.4, 0.5) is 0 Å². The summed E-state index contributed by atoms with van der Waals surface area (Å²) in [7, 11) is -7.28. The van der Waals surface area contributed by atoms with E-state index in [0.29, 0.717) is 16.5 Å². The summed E-state index contributed by atoms with van der Waals surface area (Å²) < 4.78 is 53.0. The molecule has 1 unspecified atom stereocenters. The van der Waals surface area contributed by atoms with E-state index in [1.807, 2.05) is 13.8 Å². The van der Waals surface area contributed by atoms with E-state index in [1.54, 1.807) is 48.5 Å². The van der Waals surface area contributed by atoms with Crippen molar-refractivity contribution in [1.29, 1.82) is 0 Å². The molecule has 2 aromatic rings. The molecule has 0 radical (unpaired) electrons. The topological polar surface area (TPSA) is 71.5 Å². The zero-order valence-electron chi connectivity index (χ0n) is 15.9. The highest BCUT2D eigenvalue weighted by atomic mass is 35.5. The van der Waals surface area contributed by atoms with Crippen molar-refractivity contribution in [3.63, 3.8) is 0 Å². The van der Waals surface area contributed by atoms with Gasteiger partial charge in [-0.2, -0.15) is 4.31 Å². The zero-order chi connectivity index (χ0) is 20.5. The summed E-state index contributed by atoms with van der Waals surface area (Å²) in [6.45, 7) is 4.15. The maximum atomic E-state index is 13.0. The quantitative estimate of drug-likeness (QED) is 0.718. The third kappa shape index (κ3) is 4.27. The van der Waals surface area contributed by atoms with Gasteiger partial charge in [0.15, 0.2) is 9.84 Å². The van der Waals surface area contributed by atoms with Gasteiger partial charge in [-0.1, -0.05) is 55.8 Å². The van der Waals surface area contributed by atoms with Crippen LogP contribution in [-0.2, 0) is 19.9 Å². The molecule has 0 bridgehead atoms. The Bertz CT molecular complexity index is 1050. The van der Waals surface area contributed by atoms with Gasteiger partial charge in [0.25, 0.3) is 0 Å². The second-order valence-electron chi connectivity index (χ2n) is 7.29. The highest BCUT2D eigenvalue weighted by Crippen LogP contribution is 2.35. The van der Waals surface area contributed by atoms with Crippen LogP contribution in [0.15, 0.2) is 53.4 Å². The van der Waals surface area contributed by atoms with E-state index in [-0.39, 0.29) is 30.2 Å². The Kier molecular flexibility index (Phi) is 6.20. The highest BCUT2D eigenvalue weighted by molar-refractivity contribution is 7.92. The number of benzene rings is 2. The number of sulfone groups is 1. The van der Waals surface area contributed by atoms with Crippen molar-refractivity contribution >= 4 is 31.5 Å². The fourth-order valence-electron chi connectivity index (χ4n) is 3.42. The monoisotopic (exact) mass is 441 g/mol. The van der Waals surface area contributed by atoms with Crippen molar-refractivity contribution < 1.29 is 16.8 Å². The first-order valence-corrected chi connectivity index (χ1v) is 12.7. The van der Waals surface area contributed by atoms with Crippen molar-refractivity contribution in [3.05, 3.63) is 64.7 Å². The van der Waals surface area contributed by atoms with Crippen LogP contribution >= 0.6 is 11.6 Å². The number of halogens is 1. The Balaban J connectivity index is 1.88. The normalized spacial score (nSPS) is 20.8. The van der Waals surface area contributed by atoms with Gasteiger partial charge in [0.1, 0.15) is 0 Å². The largest absolute Gasteiger partial charge is 0.243 e. The molecule has 1 aliphatic heterocycles. The summed E-state index contributed by atoms with van der Waals surface area (Å²) in [4.78, 5) is 0.186. The SMILES string of the molecule is CC(C)c1ccc(S(=O)(=O)N2CCC(c3ccccc3Cl)S(=O)(=O)CC2)cc1. The first-order chi connectivity index (χ1) is 13.1. The molecule has 0 aromatic heterocycles. The molecule has 0 aliphatic carbocycles. The van der Waals surface area contributed by atoms with Crippen LogP contribution < -0.4 is 0 Å². The lowest BCUT2D eigenvalue weighted by Gasteiger charge is -2.20. The van der Waals surface area contributed by atoms with Gasteiger partial charge in [0.2, 0.25) is 10.0 Å². The van der Waals surface area contributed by atoms with Gasteiger partial charge >= 0.3 is 0 Å². The Morgan fingerprint density at radius 3 is 2.29 bits per heavy atom.